The SMILES string of the molecule is COc1nc(N/N=C/c2ccc(-c3cccc(C(=O)O)c3)o2)nc(N2CCOCC2)n1. The van der Waals surface area contributed by atoms with Crippen molar-refractivity contribution in [1.82, 2.24) is 15.0 Å². The van der Waals surface area contributed by atoms with Gasteiger partial charge in [-0.3, -0.25) is 0 Å². The molecule has 0 aliphatic carbocycles. The summed E-state index contributed by atoms with van der Waals surface area (Å²) < 4.78 is 16.2. The molecule has 31 heavy (non-hydrogen) atoms. The van der Waals surface area contributed by atoms with E-state index in [0.29, 0.717) is 49.3 Å². The fourth-order valence-corrected chi connectivity index (χ4v) is 2.93. The van der Waals surface area contributed by atoms with Crippen LogP contribution in [0, 0.1) is 0 Å². The third-order valence-electron chi connectivity index (χ3n) is 4.46. The van der Waals surface area contributed by atoms with Gasteiger partial charge in [0.05, 0.1) is 32.1 Å². The molecular weight excluding hydrogens is 404 g/mol. The largest absolute Gasteiger partial charge is 0.478 e. The third kappa shape index (κ3) is 4.95. The average Bonchev–Trinajstić information content (AvgIpc) is 3.28. The standard InChI is InChI=1S/C20H20N6O5/c1-29-20-23-18(22-19(24-20)26-7-9-30-10-8-26)25-21-12-15-5-6-16(31-15)13-3-2-4-14(11-13)17(27)28/h2-6,11-12H,7-10H2,1H3,(H,27,28)(H,22,23,24,25)/b21-12+. The molecule has 3 heterocycles. The maximum Gasteiger partial charge on any atom is 0.335 e. The minimum Gasteiger partial charge on any atom is -0.478 e. The van der Waals surface area contributed by atoms with Crippen LogP contribution in [0.15, 0.2) is 45.9 Å². The summed E-state index contributed by atoms with van der Waals surface area (Å²) in [5, 5.41) is 13.2. The lowest BCUT2D eigenvalue weighted by molar-refractivity contribution is 0.0697. The topological polar surface area (TPSA) is 135 Å². The van der Waals surface area contributed by atoms with E-state index in [0.717, 1.165) is 0 Å². The Kier molecular flexibility index (Phi) is 6.03. The molecule has 0 amide bonds. The number of aromatic nitrogens is 3. The van der Waals surface area contributed by atoms with Crippen LogP contribution in [-0.2, 0) is 4.74 Å². The van der Waals surface area contributed by atoms with Gasteiger partial charge >= 0.3 is 12.0 Å². The van der Waals surface area contributed by atoms with E-state index >= 15 is 0 Å². The minimum absolute atomic E-state index is 0.174. The number of nitrogens with one attached hydrogen (secondary N) is 1. The zero-order valence-corrected chi connectivity index (χ0v) is 16.7. The van der Waals surface area contributed by atoms with E-state index in [9.17, 15) is 4.79 Å². The monoisotopic (exact) mass is 424 g/mol. The molecule has 11 nitrogen and oxygen atoms in total. The smallest absolute Gasteiger partial charge is 0.335 e. The summed E-state index contributed by atoms with van der Waals surface area (Å²) >= 11 is 0. The Labute approximate surface area is 177 Å². The molecule has 0 saturated carbocycles. The van der Waals surface area contributed by atoms with Gasteiger partial charge in [0.2, 0.25) is 5.95 Å². The molecule has 2 aromatic heterocycles. The predicted octanol–water partition coefficient (Wildman–Crippen LogP) is 2.12. The Morgan fingerprint density at radius 1 is 1.23 bits per heavy atom. The number of carboxylic acids is 1. The van der Waals surface area contributed by atoms with Crippen LogP contribution in [0.5, 0.6) is 6.01 Å². The van der Waals surface area contributed by atoms with Crippen LogP contribution >= 0.6 is 0 Å². The molecule has 0 radical (unpaired) electrons. The first-order chi connectivity index (χ1) is 15.1. The number of aromatic carboxylic acids is 1. The summed E-state index contributed by atoms with van der Waals surface area (Å²) in [6.07, 6.45) is 1.47. The highest BCUT2D eigenvalue weighted by atomic mass is 16.5. The first kappa shape index (κ1) is 20.3. The van der Waals surface area contributed by atoms with Gasteiger partial charge in [0.25, 0.3) is 5.95 Å². The molecule has 1 aromatic carbocycles. The Bertz CT molecular complexity index is 1090. The number of benzene rings is 1. The van der Waals surface area contributed by atoms with Crippen molar-refractivity contribution in [3.63, 3.8) is 0 Å². The molecule has 3 aromatic rings. The predicted molar refractivity (Wildman–Crippen MR) is 112 cm³/mol. The summed E-state index contributed by atoms with van der Waals surface area (Å²) in [6.45, 7) is 2.55. The van der Waals surface area contributed by atoms with Gasteiger partial charge in [-0.15, -0.1) is 0 Å². The van der Waals surface area contributed by atoms with Crippen LogP contribution in [0.4, 0.5) is 11.9 Å². The van der Waals surface area contributed by atoms with Gasteiger partial charge < -0.3 is 23.9 Å². The van der Waals surface area contributed by atoms with E-state index in [-0.39, 0.29) is 17.5 Å². The quantitative estimate of drug-likeness (QED) is 0.429. The molecule has 1 saturated heterocycles. The highest BCUT2D eigenvalue weighted by molar-refractivity contribution is 5.89. The summed E-state index contributed by atoms with van der Waals surface area (Å²) in [4.78, 5) is 25.9. The second-order valence-electron chi connectivity index (χ2n) is 6.50. The first-order valence-corrected chi connectivity index (χ1v) is 9.48. The van der Waals surface area contributed by atoms with Crippen molar-refractivity contribution in [2.24, 2.45) is 5.10 Å². The summed E-state index contributed by atoms with van der Waals surface area (Å²) in [6, 6.07) is 10.1. The van der Waals surface area contributed by atoms with E-state index in [1.807, 2.05) is 4.90 Å². The number of furan rings is 1. The molecule has 1 aliphatic heterocycles. The highest BCUT2D eigenvalue weighted by Gasteiger charge is 2.16. The van der Waals surface area contributed by atoms with Gasteiger partial charge in [-0.05, 0) is 24.3 Å². The zero-order chi connectivity index (χ0) is 21.6. The number of rotatable bonds is 7. The molecule has 1 fully saturated rings. The number of anilines is 2. The van der Waals surface area contributed by atoms with Crippen molar-refractivity contribution in [3.8, 4) is 17.3 Å². The molecule has 160 valence electrons. The normalized spacial score (nSPS) is 14.0. The maximum atomic E-state index is 11.1. The van der Waals surface area contributed by atoms with Crippen molar-refractivity contribution >= 4 is 24.1 Å². The lowest BCUT2D eigenvalue weighted by Gasteiger charge is -2.26. The van der Waals surface area contributed by atoms with E-state index < -0.39 is 5.97 Å². The number of morpholine rings is 1. The molecule has 1 aliphatic rings. The number of methoxy groups -OCH3 is 1. The van der Waals surface area contributed by atoms with E-state index in [1.165, 1.54) is 19.4 Å². The second kappa shape index (κ2) is 9.22. The van der Waals surface area contributed by atoms with Gasteiger partial charge in [-0.2, -0.15) is 20.1 Å². The Hall–Kier alpha value is -3.99. The van der Waals surface area contributed by atoms with Crippen LogP contribution in [0.2, 0.25) is 0 Å². The summed E-state index contributed by atoms with van der Waals surface area (Å²) in [7, 11) is 1.48. The van der Waals surface area contributed by atoms with Gasteiger partial charge in [0, 0.05) is 18.7 Å². The van der Waals surface area contributed by atoms with Crippen LogP contribution in [0.3, 0.4) is 0 Å². The van der Waals surface area contributed by atoms with E-state index in [4.69, 9.17) is 19.0 Å². The van der Waals surface area contributed by atoms with E-state index in [2.05, 4.69) is 25.5 Å². The number of hydrazone groups is 1. The fraction of sp³-hybridized carbons (Fsp3) is 0.250. The van der Waals surface area contributed by atoms with Gasteiger partial charge in [-0.25, -0.2) is 10.2 Å². The number of hydrogen-bond acceptors (Lipinski definition) is 10. The van der Waals surface area contributed by atoms with Gasteiger partial charge in [0.1, 0.15) is 11.5 Å². The number of ether oxygens (including phenoxy) is 2. The molecule has 0 spiro atoms. The average molecular weight is 424 g/mol. The van der Waals surface area contributed by atoms with Crippen molar-refractivity contribution in [2.45, 2.75) is 0 Å². The molecule has 11 heteroatoms. The van der Waals surface area contributed by atoms with Crippen molar-refractivity contribution in [3.05, 3.63) is 47.7 Å². The Morgan fingerprint density at radius 2 is 2.06 bits per heavy atom. The number of hydrogen-bond donors (Lipinski definition) is 2. The minimum atomic E-state index is -0.997. The Balaban J connectivity index is 1.46. The highest BCUT2D eigenvalue weighted by Crippen LogP contribution is 2.23. The van der Waals surface area contributed by atoms with Gasteiger partial charge in [-0.1, -0.05) is 12.1 Å². The molecule has 0 unspecified atom stereocenters. The number of carbonyl (C=O) groups is 1. The molecule has 0 atom stereocenters. The third-order valence-corrected chi connectivity index (χ3v) is 4.46. The number of carboxylic acid groups (broad SMARTS) is 1. The molecule has 2 N–H and O–H groups in total. The molecular formula is C20H20N6O5. The van der Waals surface area contributed by atoms with Crippen LogP contribution < -0.4 is 15.1 Å². The van der Waals surface area contributed by atoms with Crippen molar-refractivity contribution < 1.29 is 23.8 Å². The van der Waals surface area contributed by atoms with Crippen LogP contribution in [0.1, 0.15) is 16.1 Å². The lowest BCUT2D eigenvalue weighted by atomic mass is 10.1. The molecule has 4 rings (SSSR count). The zero-order valence-electron chi connectivity index (χ0n) is 16.7. The molecule has 0 bridgehead atoms. The first-order valence-electron chi connectivity index (χ1n) is 9.48. The van der Waals surface area contributed by atoms with Crippen molar-refractivity contribution in [2.75, 3.05) is 43.7 Å². The lowest BCUT2D eigenvalue weighted by Crippen LogP contribution is -2.37. The maximum absolute atomic E-state index is 11.1. The van der Waals surface area contributed by atoms with E-state index in [1.54, 1.807) is 30.3 Å². The summed E-state index contributed by atoms with van der Waals surface area (Å²) in [5.74, 6) is 0.708. The number of nitrogens with zero attached hydrogens (tertiary/aromatic N) is 5. The summed E-state index contributed by atoms with van der Waals surface area (Å²) in [5.41, 5.74) is 3.60. The second-order valence-corrected chi connectivity index (χ2v) is 6.50. The van der Waals surface area contributed by atoms with Crippen LogP contribution in [0.25, 0.3) is 11.3 Å². The Morgan fingerprint density at radius 3 is 2.84 bits per heavy atom. The van der Waals surface area contributed by atoms with Crippen LogP contribution in [-0.4, -0.2) is 65.7 Å². The van der Waals surface area contributed by atoms with Gasteiger partial charge in [0.15, 0.2) is 0 Å². The fourth-order valence-electron chi connectivity index (χ4n) is 2.93. The van der Waals surface area contributed by atoms with Crippen molar-refractivity contribution in [1.29, 1.82) is 0 Å².